The summed E-state index contributed by atoms with van der Waals surface area (Å²) in [5.74, 6) is 1.94. The van der Waals surface area contributed by atoms with Gasteiger partial charge in [-0.25, -0.2) is 4.98 Å². The van der Waals surface area contributed by atoms with Gasteiger partial charge in [-0.05, 0) is 35.7 Å². The first-order valence-corrected chi connectivity index (χ1v) is 8.89. The Balaban J connectivity index is 1.65. The molecule has 0 aliphatic carbocycles. The lowest BCUT2D eigenvalue weighted by Gasteiger charge is -2.15. The molecule has 4 nitrogen and oxygen atoms in total. The van der Waals surface area contributed by atoms with Crippen LogP contribution >= 0.6 is 0 Å². The molecule has 0 saturated heterocycles. The molecule has 0 amide bonds. The molecule has 1 atom stereocenters. The van der Waals surface area contributed by atoms with Crippen LogP contribution in [0, 0.1) is 0 Å². The number of methoxy groups -OCH3 is 1. The van der Waals surface area contributed by atoms with Crippen molar-refractivity contribution in [2.24, 2.45) is 0 Å². The van der Waals surface area contributed by atoms with Crippen LogP contribution in [-0.2, 0) is 6.42 Å². The predicted molar refractivity (Wildman–Crippen MR) is 102 cm³/mol. The smallest absolute Gasteiger partial charge is 0.137 e. The van der Waals surface area contributed by atoms with Gasteiger partial charge in [-0.1, -0.05) is 36.4 Å². The number of hydrogen-bond donors (Lipinski definition) is 0. The van der Waals surface area contributed by atoms with E-state index in [0.29, 0.717) is 6.04 Å². The van der Waals surface area contributed by atoms with E-state index in [4.69, 9.17) is 9.72 Å². The zero-order chi connectivity index (χ0) is 17.5. The van der Waals surface area contributed by atoms with Gasteiger partial charge in [0, 0.05) is 18.2 Å². The summed E-state index contributed by atoms with van der Waals surface area (Å²) in [7, 11) is 1.66. The van der Waals surface area contributed by atoms with E-state index in [0.717, 1.165) is 35.2 Å². The van der Waals surface area contributed by atoms with Crippen LogP contribution in [0.25, 0.3) is 22.2 Å². The van der Waals surface area contributed by atoms with Gasteiger partial charge in [0.1, 0.15) is 11.6 Å². The van der Waals surface area contributed by atoms with E-state index in [9.17, 15) is 0 Å². The summed E-state index contributed by atoms with van der Waals surface area (Å²) < 4.78 is 7.72. The highest BCUT2D eigenvalue weighted by Gasteiger charge is 2.27. The van der Waals surface area contributed by atoms with Crippen LogP contribution in [0.15, 0.2) is 67.0 Å². The van der Waals surface area contributed by atoms with Crippen LogP contribution in [0.2, 0.25) is 0 Å². The van der Waals surface area contributed by atoms with Crippen molar-refractivity contribution in [3.63, 3.8) is 0 Å². The number of aryl methyl sites for hydroxylation is 1. The minimum Gasteiger partial charge on any atom is -0.495 e. The highest BCUT2D eigenvalue weighted by Crippen LogP contribution is 2.36. The predicted octanol–water partition coefficient (Wildman–Crippen LogP) is 4.64. The first-order valence-electron chi connectivity index (χ1n) is 8.89. The molecule has 0 saturated carbocycles. The largest absolute Gasteiger partial charge is 0.495 e. The van der Waals surface area contributed by atoms with Crippen molar-refractivity contribution in [3.05, 3.63) is 78.4 Å². The molecule has 0 spiro atoms. The molecule has 1 aliphatic heterocycles. The second-order valence-electron chi connectivity index (χ2n) is 6.68. The van der Waals surface area contributed by atoms with Gasteiger partial charge in [-0.2, -0.15) is 0 Å². The molecule has 5 rings (SSSR count). The van der Waals surface area contributed by atoms with E-state index < -0.39 is 0 Å². The quantitative estimate of drug-likeness (QED) is 0.545. The molecule has 26 heavy (non-hydrogen) atoms. The van der Waals surface area contributed by atoms with Crippen molar-refractivity contribution < 1.29 is 4.74 Å². The van der Waals surface area contributed by atoms with Crippen molar-refractivity contribution in [3.8, 4) is 16.9 Å². The number of benzene rings is 2. The lowest BCUT2D eigenvalue weighted by atomic mass is 10.0. The van der Waals surface area contributed by atoms with Gasteiger partial charge in [0.2, 0.25) is 0 Å². The number of hydrogen-bond acceptors (Lipinski definition) is 3. The van der Waals surface area contributed by atoms with Gasteiger partial charge in [-0.3, -0.25) is 4.98 Å². The van der Waals surface area contributed by atoms with Gasteiger partial charge in [0.15, 0.2) is 0 Å². The van der Waals surface area contributed by atoms with E-state index in [1.54, 1.807) is 13.3 Å². The summed E-state index contributed by atoms with van der Waals surface area (Å²) in [5.41, 5.74) is 5.77. The van der Waals surface area contributed by atoms with E-state index in [1.165, 1.54) is 16.9 Å². The topological polar surface area (TPSA) is 39.9 Å². The Bertz CT molecular complexity index is 1090. The number of nitrogens with zero attached hydrogens (tertiary/aromatic N) is 3. The highest BCUT2D eigenvalue weighted by atomic mass is 16.5. The van der Waals surface area contributed by atoms with Crippen molar-refractivity contribution in [1.29, 1.82) is 0 Å². The van der Waals surface area contributed by atoms with E-state index >= 15 is 0 Å². The molecule has 0 bridgehead atoms. The zero-order valence-electron chi connectivity index (χ0n) is 14.6. The van der Waals surface area contributed by atoms with E-state index in [1.807, 2.05) is 12.3 Å². The summed E-state index contributed by atoms with van der Waals surface area (Å²) in [6.07, 6.45) is 5.72. The van der Waals surface area contributed by atoms with Crippen LogP contribution in [0.5, 0.6) is 5.75 Å². The summed E-state index contributed by atoms with van der Waals surface area (Å²) in [5, 5.41) is 0. The lowest BCUT2D eigenvalue weighted by molar-refractivity contribution is 0.413. The molecule has 0 radical (unpaired) electrons. The molecule has 0 fully saturated rings. The minimum absolute atomic E-state index is 0.356. The average molecular weight is 341 g/mol. The van der Waals surface area contributed by atoms with E-state index in [2.05, 4.69) is 58.1 Å². The van der Waals surface area contributed by atoms with Crippen molar-refractivity contribution in [2.45, 2.75) is 18.9 Å². The number of ether oxygens (including phenoxy) is 1. The van der Waals surface area contributed by atoms with Crippen LogP contribution in [-0.4, -0.2) is 21.6 Å². The second kappa shape index (κ2) is 5.99. The van der Waals surface area contributed by atoms with Crippen LogP contribution < -0.4 is 4.74 Å². The normalized spacial score (nSPS) is 16.0. The Kier molecular flexibility index (Phi) is 3.49. The molecule has 4 heteroatoms. The number of rotatable bonds is 3. The number of pyridine rings is 1. The standard InChI is InChI=1S/C22H19N3O/c1-26-18-11-17(13-23-14-18)16-7-8-19-21(12-16)25-20(9-10-22(25)24-19)15-5-3-2-4-6-15/h2-8,11-14,20H,9-10H2,1H3. The molecule has 0 N–H and O–H groups in total. The number of imidazole rings is 1. The van der Waals surface area contributed by atoms with Crippen LogP contribution in [0.1, 0.15) is 23.9 Å². The molecular formula is C22H19N3O. The van der Waals surface area contributed by atoms with Gasteiger partial charge in [-0.15, -0.1) is 0 Å². The molecule has 2 aromatic heterocycles. The SMILES string of the molecule is COc1cncc(-c2ccc3nc4n(c3c2)C(c2ccccc2)CC4)c1. The van der Waals surface area contributed by atoms with Crippen molar-refractivity contribution >= 4 is 11.0 Å². The summed E-state index contributed by atoms with van der Waals surface area (Å²) >= 11 is 0. The summed E-state index contributed by atoms with van der Waals surface area (Å²) in [6, 6.07) is 19.5. The molecule has 3 heterocycles. The third-order valence-corrected chi connectivity index (χ3v) is 5.18. The van der Waals surface area contributed by atoms with Gasteiger partial charge in [0.05, 0.1) is 30.4 Å². The third kappa shape index (κ3) is 2.37. The van der Waals surface area contributed by atoms with Gasteiger partial charge in [0.25, 0.3) is 0 Å². The molecule has 1 aliphatic rings. The minimum atomic E-state index is 0.356. The van der Waals surface area contributed by atoms with Gasteiger partial charge < -0.3 is 9.30 Å². The molecular weight excluding hydrogens is 322 g/mol. The monoisotopic (exact) mass is 341 g/mol. The molecule has 1 unspecified atom stereocenters. The number of fused-ring (bicyclic) bond motifs is 3. The molecule has 2 aromatic carbocycles. The zero-order valence-corrected chi connectivity index (χ0v) is 14.6. The molecule has 128 valence electrons. The summed E-state index contributed by atoms with van der Waals surface area (Å²) in [4.78, 5) is 9.15. The van der Waals surface area contributed by atoms with Gasteiger partial charge >= 0.3 is 0 Å². The Morgan fingerprint density at radius 2 is 1.88 bits per heavy atom. The maximum absolute atomic E-state index is 5.32. The first kappa shape index (κ1) is 15.1. The fourth-order valence-electron chi connectivity index (χ4n) is 3.92. The second-order valence-corrected chi connectivity index (χ2v) is 6.68. The third-order valence-electron chi connectivity index (χ3n) is 5.18. The first-order chi connectivity index (χ1) is 12.8. The lowest BCUT2D eigenvalue weighted by Crippen LogP contribution is -2.05. The highest BCUT2D eigenvalue weighted by molar-refractivity contribution is 5.83. The summed E-state index contributed by atoms with van der Waals surface area (Å²) in [6.45, 7) is 0. The maximum Gasteiger partial charge on any atom is 0.137 e. The van der Waals surface area contributed by atoms with Crippen LogP contribution in [0.4, 0.5) is 0 Å². The van der Waals surface area contributed by atoms with E-state index in [-0.39, 0.29) is 0 Å². The van der Waals surface area contributed by atoms with Crippen molar-refractivity contribution in [1.82, 2.24) is 14.5 Å². The van der Waals surface area contributed by atoms with Crippen LogP contribution in [0.3, 0.4) is 0 Å². The fraction of sp³-hybridized carbons (Fsp3) is 0.182. The number of aromatic nitrogens is 3. The Labute approximate surface area is 152 Å². The van der Waals surface area contributed by atoms with Crippen molar-refractivity contribution in [2.75, 3.05) is 7.11 Å². The Morgan fingerprint density at radius 1 is 1.00 bits per heavy atom. The Morgan fingerprint density at radius 3 is 2.73 bits per heavy atom. The average Bonchev–Trinajstić information content (AvgIpc) is 3.27. The molecule has 4 aromatic rings. The Hall–Kier alpha value is -3.14. The maximum atomic E-state index is 5.32. The fourth-order valence-corrected chi connectivity index (χ4v) is 3.92.